The molecule has 1 aliphatic carbocycles. The van der Waals surface area contributed by atoms with Gasteiger partial charge in [0.05, 0.1) is 51.7 Å². The smallest absolute Gasteiger partial charge is 0.261 e. The zero-order chi connectivity index (χ0) is 32.7. The third-order valence-corrected chi connectivity index (χ3v) is 8.52. The molecule has 1 saturated carbocycles. The van der Waals surface area contributed by atoms with Gasteiger partial charge in [0.25, 0.3) is 11.8 Å². The van der Waals surface area contributed by atoms with Crippen molar-refractivity contribution in [3.63, 3.8) is 0 Å². The number of hydrogen-bond donors (Lipinski definition) is 4. The maximum absolute atomic E-state index is 13.1. The van der Waals surface area contributed by atoms with Crippen LogP contribution >= 0.6 is 0 Å². The number of hydrazine groups is 1. The summed E-state index contributed by atoms with van der Waals surface area (Å²) >= 11 is 0. The van der Waals surface area contributed by atoms with Gasteiger partial charge in [-0.15, -0.1) is 0 Å². The average molecular weight is 640 g/mol. The molecule has 1 aliphatic heterocycles. The van der Waals surface area contributed by atoms with Crippen LogP contribution in [0.25, 0.3) is 10.8 Å². The van der Waals surface area contributed by atoms with Crippen LogP contribution in [0, 0.1) is 0 Å². The van der Waals surface area contributed by atoms with E-state index in [2.05, 4.69) is 5.32 Å². The molecule has 4 rings (SSSR count). The van der Waals surface area contributed by atoms with Crippen LogP contribution in [0.3, 0.4) is 0 Å². The molecule has 46 heavy (non-hydrogen) atoms. The monoisotopic (exact) mass is 639 g/mol. The minimum atomic E-state index is -0.308. The van der Waals surface area contributed by atoms with Crippen molar-refractivity contribution < 1.29 is 23.8 Å². The highest BCUT2D eigenvalue weighted by Crippen LogP contribution is 2.31. The molecule has 2 aromatic carbocycles. The van der Waals surface area contributed by atoms with Crippen molar-refractivity contribution >= 4 is 28.3 Å². The van der Waals surface area contributed by atoms with Gasteiger partial charge in [0.15, 0.2) is 0 Å². The van der Waals surface area contributed by atoms with Crippen molar-refractivity contribution in [2.24, 2.45) is 11.6 Å². The maximum Gasteiger partial charge on any atom is 0.261 e. The van der Waals surface area contributed by atoms with E-state index < -0.39 is 0 Å². The number of ether oxygens (including phenoxy) is 3. The molecule has 0 radical (unpaired) electrons. The second-order valence-electron chi connectivity index (χ2n) is 12.2. The molecular formula is C34H53N7O5. The standard InChI is InChI=1S/C34H53N7O5/c1-39(13-14-41-33(42)30-11-5-7-26-23-28(36)24-31(32(26)30)34(41)43)15-17-44-19-21-46-22-20-45-18-16-40(37)25-27(35)8-6-12-38-29-9-3-2-4-10-29/h5,7,11,23-25,29,38H,2-4,6,8-10,12-22,35-37H2,1H3/b27-25-. The van der Waals surface area contributed by atoms with Crippen LogP contribution in [-0.2, 0) is 14.2 Å². The number of amides is 2. The Hall–Kier alpha value is -3.26. The number of anilines is 1. The molecule has 0 spiro atoms. The summed E-state index contributed by atoms with van der Waals surface area (Å²) in [6.45, 7) is 5.89. The lowest BCUT2D eigenvalue weighted by Gasteiger charge is -2.29. The third-order valence-electron chi connectivity index (χ3n) is 8.52. The van der Waals surface area contributed by atoms with Crippen LogP contribution in [0.2, 0.25) is 0 Å². The number of nitrogens with one attached hydrogen (secondary N) is 1. The molecule has 0 saturated heterocycles. The fraction of sp³-hybridized carbons (Fsp3) is 0.588. The van der Waals surface area contributed by atoms with Crippen molar-refractivity contribution in [3.8, 4) is 0 Å². The van der Waals surface area contributed by atoms with Gasteiger partial charge < -0.3 is 40.9 Å². The molecule has 0 atom stereocenters. The number of imide groups is 1. The average Bonchev–Trinajstić information content (AvgIpc) is 3.04. The minimum Gasteiger partial charge on any atom is -0.401 e. The van der Waals surface area contributed by atoms with Crippen LogP contribution in [0.4, 0.5) is 5.69 Å². The van der Waals surface area contributed by atoms with Gasteiger partial charge in [0, 0.05) is 54.2 Å². The first-order valence-corrected chi connectivity index (χ1v) is 16.6. The molecule has 0 unspecified atom stereocenters. The van der Waals surface area contributed by atoms with Crippen molar-refractivity contribution in [2.75, 3.05) is 85.1 Å². The Morgan fingerprint density at radius 2 is 1.61 bits per heavy atom. The number of likely N-dealkylation sites (N-methyl/N-ethyl adjacent to an activating group) is 1. The zero-order valence-corrected chi connectivity index (χ0v) is 27.4. The number of rotatable bonds is 21. The molecule has 1 heterocycles. The first-order chi connectivity index (χ1) is 22.3. The number of carbonyl (C=O) groups is 2. The molecule has 2 amide bonds. The summed E-state index contributed by atoms with van der Waals surface area (Å²) in [5.41, 5.74) is 14.4. The normalized spacial score (nSPS) is 15.8. The largest absolute Gasteiger partial charge is 0.401 e. The molecule has 12 nitrogen and oxygen atoms in total. The summed E-state index contributed by atoms with van der Waals surface area (Å²) in [5.74, 6) is 5.44. The second-order valence-corrected chi connectivity index (χ2v) is 12.2. The molecule has 7 N–H and O–H groups in total. The number of nitrogens with zero attached hydrogens (tertiary/aromatic N) is 3. The quantitative estimate of drug-likeness (QED) is 0.0523. The van der Waals surface area contributed by atoms with Crippen molar-refractivity contribution in [3.05, 3.63) is 53.4 Å². The third kappa shape index (κ3) is 10.9. The van der Waals surface area contributed by atoms with E-state index >= 15 is 0 Å². The van der Waals surface area contributed by atoms with Gasteiger partial charge in [-0.1, -0.05) is 31.4 Å². The van der Waals surface area contributed by atoms with E-state index in [0.717, 1.165) is 30.5 Å². The molecular weight excluding hydrogens is 586 g/mol. The fourth-order valence-corrected chi connectivity index (χ4v) is 5.95. The topological polar surface area (TPSA) is 162 Å². The van der Waals surface area contributed by atoms with Crippen LogP contribution in [0.5, 0.6) is 0 Å². The number of nitrogen functional groups attached to an aromatic ring is 1. The van der Waals surface area contributed by atoms with Crippen LogP contribution < -0.4 is 22.6 Å². The van der Waals surface area contributed by atoms with Gasteiger partial charge in [0.1, 0.15) is 0 Å². The number of allylic oxidation sites excluding steroid dienone is 1. The summed E-state index contributed by atoms with van der Waals surface area (Å²) < 4.78 is 16.9. The zero-order valence-electron chi connectivity index (χ0n) is 27.4. The first-order valence-electron chi connectivity index (χ1n) is 16.6. The van der Waals surface area contributed by atoms with Crippen LogP contribution in [0.15, 0.2) is 42.2 Å². The van der Waals surface area contributed by atoms with E-state index in [1.807, 2.05) is 24.1 Å². The minimum absolute atomic E-state index is 0.274. The second kappa shape index (κ2) is 18.8. The highest BCUT2D eigenvalue weighted by Gasteiger charge is 2.32. The lowest BCUT2D eigenvalue weighted by atomic mass is 9.93. The summed E-state index contributed by atoms with van der Waals surface area (Å²) in [6.07, 6.45) is 10.3. The Labute approximate surface area is 273 Å². The number of hydrogen-bond acceptors (Lipinski definition) is 11. The lowest BCUT2D eigenvalue weighted by molar-refractivity contribution is 0.00927. The van der Waals surface area contributed by atoms with Gasteiger partial charge in [0.2, 0.25) is 0 Å². The van der Waals surface area contributed by atoms with Crippen molar-refractivity contribution in [1.82, 2.24) is 20.1 Å². The van der Waals surface area contributed by atoms with E-state index in [-0.39, 0.29) is 18.4 Å². The van der Waals surface area contributed by atoms with Gasteiger partial charge in [-0.3, -0.25) is 14.5 Å². The SMILES string of the molecule is CN(CCOCCOCCOCCN(N)/C=C(\N)CCCNC1CCCCC1)CCN1C(=O)c2cccc3cc(N)cc(c23)C1=O. The summed E-state index contributed by atoms with van der Waals surface area (Å²) in [6, 6.07) is 9.56. The van der Waals surface area contributed by atoms with E-state index in [4.69, 9.17) is 31.5 Å². The van der Waals surface area contributed by atoms with E-state index in [1.54, 1.807) is 29.4 Å². The Bertz CT molecular complexity index is 1300. The molecule has 0 aromatic heterocycles. The summed E-state index contributed by atoms with van der Waals surface area (Å²) in [5, 5.41) is 6.70. The number of carbonyl (C=O) groups excluding carboxylic acids is 2. The van der Waals surface area contributed by atoms with E-state index in [1.165, 1.54) is 37.0 Å². The van der Waals surface area contributed by atoms with Gasteiger partial charge in [-0.05, 0) is 62.9 Å². The highest BCUT2D eigenvalue weighted by atomic mass is 16.5. The predicted octanol–water partition coefficient (Wildman–Crippen LogP) is 2.68. The van der Waals surface area contributed by atoms with Gasteiger partial charge in [-0.2, -0.15) is 0 Å². The molecule has 2 aromatic rings. The molecule has 2 aliphatic rings. The Balaban J connectivity index is 0.975. The van der Waals surface area contributed by atoms with Crippen molar-refractivity contribution in [1.29, 1.82) is 0 Å². The van der Waals surface area contributed by atoms with E-state index in [0.29, 0.717) is 87.5 Å². The summed E-state index contributed by atoms with van der Waals surface area (Å²) in [7, 11) is 1.94. The predicted molar refractivity (Wildman–Crippen MR) is 181 cm³/mol. The number of benzene rings is 2. The van der Waals surface area contributed by atoms with Crippen molar-refractivity contribution in [2.45, 2.75) is 51.0 Å². The van der Waals surface area contributed by atoms with Gasteiger partial charge in [-0.25, -0.2) is 5.84 Å². The van der Waals surface area contributed by atoms with E-state index in [9.17, 15) is 9.59 Å². The first kappa shape index (κ1) is 35.6. The van der Waals surface area contributed by atoms with Gasteiger partial charge >= 0.3 is 0 Å². The molecule has 254 valence electrons. The molecule has 0 bridgehead atoms. The Kier molecular flexibility index (Phi) is 14.5. The van der Waals surface area contributed by atoms with Crippen LogP contribution in [0.1, 0.15) is 65.7 Å². The highest BCUT2D eigenvalue weighted by molar-refractivity contribution is 6.25. The van der Waals surface area contributed by atoms with Crippen LogP contribution in [-0.4, -0.2) is 112 Å². The Morgan fingerprint density at radius 3 is 2.35 bits per heavy atom. The number of nitrogens with two attached hydrogens (primary N) is 3. The lowest BCUT2D eigenvalue weighted by Crippen LogP contribution is -2.44. The molecule has 1 fully saturated rings. The molecule has 12 heteroatoms. The summed E-state index contributed by atoms with van der Waals surface area (Å²) in [4.78, 5) is 29.6. The Morgan fingerprint density at radius 1 is 0.935 bits per heavy atom. The maximum atomic E-state index is 13.1. The fourth-order valence-electron chi connectivity index (χ4n) is 5.95.